The minimum absolute atomic E-state index is 0.00269. The predicted octanol–water partition coefficient (Wildman–Crippen LogP) is 2.48. The summed E-state index contributed by atoms with van der Waals surface area (Å²) in [5.41, 5.74) is 0.810. The number of hydrogen-bond donors (Lipinski definition) is 1. The third kappa shape index (κ3) is 7.46. The molecule has 0 saturated heterocycles. The monoisotopic (exact) mass is 292 g/mol. The number of carbonyl (C=O) groups is 2. The van der Waals surface area contributed by atoms with E-state index in [4.69, 9.17) is 9.47 Å². The Hall–Kier alpha value is -1.88. The lowest BCUT2D eigenvalue weighted by atomic mass is 10.1. The van der Waals surface area contributed by atoms with Crippen molar-refractivity contribution in [2.45, 2.75) is 40.2 Å². The van der Waals surface area contributed by atoms with E-state index >= 15 is 0 Å². The van der Waals surface area contributed by atoms with Gasteiger partial charge in [0, 0.05) is 38.4 Å². The first-order valence-corrected chi connectivity index (χ1v) is 6.76. The largest absolute Gasteiger partial charge is 0.427 e. The van der Waals surface area contributed by atoms with Crippen molar-refractivity contribution < 1.29 is 19.1 Å². The fourth-order valence-corrected chi connectivity index (χ4v) is 1.64. The van der Waals surface area contributed by atoms with Gasteiger partial charge in [-0.25, -0.2) is 0 Å². The molecule has 0 saturated carbocycles. The average Bonchev–Trinajstić information content (AvgIpc) is 2.24. The molecule has 0 bridgehead atoms. The van der Waals surface area contributed by atoms with Gasteiger partial charge in [-0.05, 0) is 38.5 Å². The van der Waals surface area contributed by atoms with Crippen molar-refractivity contribution in [1.82, 2.24) is 5.32 Å². The van der Waals surface area contributed by atoms with Crippen LogP contribution in [0.4, 0.5) is 0 Å². The molecule has 0 aliphatic rings. The Balaban J connectivity index is 2.85. The third-order valence-electron chi connectivity index (χ3n) is 2.40. The van der Waals surface area contributed by atoms with Crippen molar-refractivity contribution in [3.05, 3.63) is 30.2 Å². The van der Waals surface area contributed by atoms with Crippen molar-refractivity contribution in [2.24, 2.45) is 0 Å². The number of ether oxygens (including phenoxy) is 2. The van der Waals surface area contributed by atoms with Crippen LogP contribution in [0, 0.1) is 6.42 Å². The van der Waals surface area contributed by atoms with Gasteiger partial charge in [0.2, 0.25) is 0 Å². The van der Waals surface area contributed by atoms with Crippen LogP contribution >= 0.6 is 0 Å². The zero-order valence-electron chi connectivity index (χ0n) is 13.1. The summed E-state index contributed by atoms with van der Waals surface area (Å²) in [7, 11) is 0. The molecule has 115 valence electrons. The molecule has 21 heavy (non-hydrogen) atoms. The van der Waals surface area contributed by atoms with Gasteiger partial charge < -0.3 is 14.8 Å². The number of nitrogens with one attached hydrogen (secondary N) is 1. The van der Waals surface area contributed by atoms with Crippen LogP contribution in [0.1, 0.15) is 40.2 Å². The van der Waals surface area contributed by atoms with E-state index in [-0.39, 0.29) is 5.54 Å². The number of hydrogen-bond acceptors (Lipinski definition) is 5. The first kappa shape index (κ1) is 17.2. The van der Waals surface area contributed by atoms with Gasteiger partial charge in [0.15, 0.2) is 0 Å². The molecule has 0 aromatic heterocycles. The molecule has 1 aromatic rings. The maximum Gasteiger partial charge on any atom is 0.308 e. The van der Waals surface area contributed by atoms with Crippen molar-refractivity contribution in [3.63, 3.8) is 0 Å². The van der Waals surface area contributed by atoms with E-state index in [1.807, 2.05) is 6.42 Å². The van der Waals surface area contributed by atoms with Crippen LogP contribution < -0.4 is 14.8 Å². The Morgan fingerprint density at radius 3 is 1.90 bits per heavy atom. The molecule has 1 N–H and O–H groups in total. The van der Waals surface area contributed by atoms with Crippen LogP contribution in [0.2, 0.25) is 0 Å². The van der Waals surface area contributed by atoms with E-state index in [0.29, 0.717) is 18.0 Å². The second kappa shape index (κ2) is 7.22. The van der Waals surface area contributed by atoms with Crippen LogP contribution in [0.3, 0.4) is 0 Å². The lowest BCUT2D eigenvalue weighted by Crippen LogP contribution is -2.36. The van der Waals surface area contributed by atoms with Gasteiger partial charge in [-0.3, -0.25) is 9.59 Å². The van der Waals surface area contributed by atoms with Crippen molar-refractivity contribution in [3.8, 4) is 11.5 Å². The van der Waals surface area contributed by atoms with Gasteiger partial charge in [0.25, 0.3) is 0 Å². The fourth-order valence-electron chi connectivity index (χ4n) is 1.64. The highest BCUT2D eigenvalue weighted by atomic mass is 16.5. The average molecular weight is 292 g/mol. The molecular weight excluding hydrogens is 270 g/mol. The Morgan fingerprint density at radius 2 is 1.52 bits per heavy atom. The second-order valence-electron chi connectivity index (χ2n) is 5.76. The Bertz CT molecular complexity index is 483. The molecular formula is C16H22NO4. The third-order valence-corrected chi connectivity index (χ3v) is 2.40. The van der Waals surface area contributed by atoms with Crippen molar-refractivity contribution in [2.75, 3.05) is 6.54 Å². The molecule has 0 unspecified atom stereocenters. The molecule has 0 atom stereocenters. The van der Waals surface area contributed by atoms with Gasteiger partial charge in [0.1, 0.15) is 11.5 Å². The molecule has 5 heteroatoms. The van der Waals surface area contributed by atoms with E-state index < -0.39 is 11.9 Å². The fraction of sp³-hybridized carbons (Fsp3) is 0.438. The molecule has 5 nitrogen and oxygen atoms in total. The smallest absolute Gasteiger partial charge is 0.308 e. The van der Waals surface area contributed by atoms with Gasteiger partial charge in [0.05, 0.1) is 0 Å². The normalized spacial score (nSPS) is 11.1. The molecule has 1 rings (SSSR count). The summed E-state index contributed by atoms with van der Waals surface area (Å²) < 4.78 is 10.1. The summed E-state index contributed by atoms with van der Waals surface area (Å²) in [5, 5.41) is 3.32. The Morgan fingerprint density at radius 1 is 1.05 bits per heavy atom. The highest BCUT2D eigenvalue weighted by Crippen LogP contribution is 2.24. The first-order valence-electron chi connectivity index (χ1n) is 6.76. The number of benzene rings is 1. The van der Waals surface area contributed by atoms with E-state index in [1.165, 1.54) is 19.9 Å². The summed E-state index contributed by atoms with van der Waals surface area (Å²) in [6.45, 7) is 9.50. The van der Waals surface area contributed by atoms with E-state index in [0.717, 1.165) is 5.56 Å². The maximum atomic E-state index is 11.1. The minimum atomic E-state index is -0.422. The molecule has 0 amide bonds. The zero-order valence-corrected chi connectivity index (χ0v) is 13.1. The quantitative estimate of drug-likeness (QED) is 0.667. The van der Waals surface area contributed by atoms with Gasteiger partial charge in [-0.1, -0.05) is 0 Å². The van der Waals surface area contributed by atoms with Gasteiger partial charge >= 0.3 is 11.9 Å². The topological polar surface area (TPSA) is 64.6 Å². The minimum Gasteiger partial charge on any atom is -0.427 e. The highest BCUT2D eigenvalue weighted by molar-refractivity contribution is 5.71. The Labute approximate surface area is 125 Å². The highest BCUT2D eigenvalue weighted by Gasteiger charge is 2.10. The van der Waals surface area contributed by atoms with Crippen LogP contribution in [0.15, 0.2) is 18.2 Å². The van der Waals surface area contributed by atoms with Crippen LogP contribution in [-0.4, -0.2) is 24.0 Å². The predicted molar refractivity (Wildman–Crippen MR) is 80.2 cm³/mol. The summed E-state index contributed by atoms with van der Waals surface area (Å²) in [5.74, 6) is -0.144. The van der Waals surface area contributed by atoms with Gasteiger partial charge in [-0.15, -0.1) is 0 Å². The summed E-state index contributed by atoms with van der Waals surface area (Å²) >= 11 is 0. The second-order valence-corrected chi connectivity index (χ2v) is 5.76. The Kier molecular flexibility index (Phi) is 5.90. The summed E-state index contributed by atoms with van der Waals surface area (Å²) in [6.07, 6.45) is 1.94. The molecule has 1 aromatic carbocycles. The van der Waals surface area contributed by atoms with Crippen molar-refractivity contribution in [1.29, 1.82) is 0 Å². The maximum absolute atomic E-state index is 11.1. The number of carbonyl (C=O) groups excluding carboxylic acids is 2. The van der Waals surface area contributed by atoms with Crippen LogP contribution in [-0.2, 0) is 9.59 Å². The molecule has 0 spiro atoms. The van der Waals surface area contributed by atoms with Crippen molar-refractivity contribution >= 4 is 11.9 Å². The zero-order chi connectivity index (χ0) is 16.0. The van der Waals surface area contributed by atoms with Crippen LogP contribution in [0.25, 0.3) is 0 Å². The molecule has 0 fully saturated rings. The SMILES string of the molecule is CC(=O)Oc1cc([CH]CNC(C)(C)C)cc(OC(C)=O)c1. The molecule has 1 radical (unpaired) electrons. The number of esters is 2. The van der Waals surface area contributed by atoms with Crippen LogP contribution in [0.5, 0.6) is 11.5 Å². The number of rotatable bonds is 5. The molecule has 0 aliphatic carbocycles. The summed E-state index contributed by atoms with van der Waals surface area (Å²) in [6, 6.07) is 4.95. The summed E-state index contributed by atoms with van der Waals surface area (Å²) in [4.78, 5) is 22.1. The first-order chi connectivity index (χ1) is 9.65. The van der Waals surface area contributed by atoms with E-state index in [9.17, 15) is 9.59 Å². The van der Waals surface area contributed by atoms with Gasteiger partial charge in [-0.2, -0.15) is 0 Å². The molecule has 0 aliphatic heterocycles. The van der Waals surface area contributed by atoms with E-state index in [1.54, 1.807) is 12.1 Å². The lowest BCUT2D eigenvalue weighted by molar-refractivity contribution is -0.132. The molecule has 0 heterocycles. The van der Waals surface area contributed by atoms with E-state index in [2.05, 4.69) is 26.1 Å². The standard InChI is InChI=1S/C16H22NO4/c1-11(18)20-14-8-13(6-7-17-16(3,4)5)9-15(10-14)21-12(2)19/h6,8-10,17H,7H2,1-5H3. The lowest BCUT2D eigenvalue weighted by Gasteiger charge is -2.20.